The van der Waals surface area contributed by atoms with Crippen LogP contribution in [-0.2, 0) is 11.0 Å². The normalized spacial score (nSPS) is 11.5. The van der Waals surface area contributed by atoms with E-state index < -0.39 is 30.1 Å². The first-order valence-electron chi connectivity index (χ1n) is 10.8. The Morgan fingerprint density at radius 3 is 2.43 bits per heavy atom. The summed E-state index contributed by atoms with van der Waals surface area (Å²) in [5, 5.41) is 6.60. The first kappa shape index (κ1) is 23.9. The molecule has 7 nitrogen and oxygen atoms in total. The minimum Gasteiger partial charge on any atom is -0.335 e. The van der Waals surface area contributed by atoms with E-state index >= 15 is 0 Å². The van der Waals surface area contributed by atoms with Gasteiger partial charge in [0.2, 0.25) is 5.91 Å². The molecule has 0 bridgehead atoms. The van der Waals surface area contributed by atoms with Gasteiger partial charge < -0.3 is 14.7 Å². The molecule has 0 unspecified atom stereocenters. The molecule has 0 radical (unpaired) electrons. The van der Waals surface area contributed by atoms with Crippen molar-refractivity contribution in [2.45, 2.75) is 20.0 Å². The molecule has 2 amide bonds. The van der Waals surface area contributed by atoms with Crippen LogP contribution >= 0.6 is 0 Å². The van der Waals surface area contributed by atoms with E-state index in [0.29, 0.717) is 16.8 Å². The van der Waals surface area contributed by atoms with Crippen LogP contribution in [0, 0.1) is 6.92 Å². The molecule has 35 heavy (non-hydrogen) atoms. The smallest absolute Gasteiger partial charge is 0.335 e. The number of aromatic nitrogens is 2. The number of alkyl halides is 3. The number of nitrogens with one attached hydrogen (secondary N) is 1. The van der Waals surface area contributed by atoms with Gasteiger partial charge in [-0.1, -0.05) is 47.6 Å². The van der Waals surface area contributed by atoms with Crippen molar-refractivity contribution >= 4 is 28.6 Å². The average molecular weight is 482 g/mol. The number of aryl methyl sites for hydroxylation is 1. The van der Waals surface area contributed by atoms with Crippen molar-refractivity contribution in [2.75, 3.05) is 18.4 Å². The number of pyridine rings is 1. The van der Waals surface area contributed by atoms with Crippen molar-refractivity contribution in [3.05, 3.63) is 77.5 Å². The summed E-state index contributed by atoms with van der Waals surface area (Å²) >= 11 is 0. The molecule has 10 heteroatoms. The van der Waals surface area contributed by atoms with Crippen LogP contribution in [0.5, 0.6) is 0 Å². The summed E-state index contributed by atoms with van der Waals surface area (Å²) < 4.78 is 45.1. The molecule has 2 aromatic carbocycles. The van der Waals surface area contributed by atoms with Crippen LogP contribution in [0.4, 0.5) is 18.9 Å². The topological polar surface area (TPSA) is 88.3 Å². The molecular weight excluding hydrogens is 461 g/mol. The number of nitrogens with zero attached hydrogens (tertiary/aromatic N) is 3. The predicted molar refractivity (Wildman–Crippen MR) is 124 cm³/mol. The monoisotopic (exact) mass is 482 g/mol. The Hall–Kier alpha value is -4.21. The van der Waals surface area contributed by atoms with E-state index in [1.54, 1.807) is 19.9 Å². The van der Waals surface area contributed by atoms with Gasteiger partial charge in [-0.3, -0.25) is 9.59 Å². The van der Waals surface area contributed by atoms with E-state index in [0.717, 1.165) is 17.7 Å². The highest BCUT2D eigenvalue weighted by Crippen LogP contribution is 2.34. The second-order valence-corrected chi connectivity index (χ2v) is 7.78. The third-order valence-electron chi connectivity index (χ3n) is 5.43. The van der Waals surface area contributed by atoms with Crippen molar-refractivity contribution in [3.63, 3.8) is 0 Å². The largest absolute Gasteiger partial charge is 0.418 e. The Morgan fingerprint density at radius 1 is 1.06 bits per heavy atom. The third-order valence-corrected chi connectivity index (χ3v) is 5.43. The molecule has 1 N–H and O–H groups in total. The summed E-state index contributed by atoms with van der Waals surface area (Å²) in [6, 6.07) is 15.4. The molecule has 2 heterocycles. The number of amides is 2. The number of fused-ring (bicyclic) bond motifs is 1. The molecule has 0 saturated heterocycles. The maximum atomic E-state index is 13.5. The lowest BCUT2D eigenvalue weighted by Crippen LogP contribution is -2.38. The van der Waals surface area contributed by atoms with E-state index in [2.05, 4.69) is 15.5 Å². The molecule has 4 aromatic rings. The fraction of sp³-hybridized carbons (Fsp3) is 0.200. The van der Waals surface area contributed by atoms with Crippen molar-refractivity contribution in [2.24, 2.45) is 0 Å². The van der Waals surface area contributed by atoms with Crippen LogP contribution in [0.25, 0.3) is 22.4 Å². The fourth-order valence-electron chi connectivity index (χ4n) is 3.72. The molecule has 0 aliphatic rings. The predicted octanol–water partition coefficient (Wildman–Crippen LogP) is 5.32. The number of carbonyl (C=O) groups is 2. The van der Waals surface area contributed by atoms with Crippen LogP contribution < -0.4 is 5.32 Å². The van der Waals surface area contributed by atoms with Gasteiger partial charge in [0.05, 0.1) is 33.6 Å². The summed E-state index contributed by atoms with van der Waals surface area (Å²) in [5.41, 5.74) is 0.756. The van der Waals surface area contributed by atoms with E-state index in [1.807, 2.05) is 30.3 Å². The van der Waals surface area contributed by atoms with Gasteiger partial charge in [-0.25, -0.2) is 4.98 Å². The number of para-hydroxylation sites is 1. The summed E-state index contributed by atoms with van der Waals surface area (Å²) in [4.78, 5) is 31.9. The van der Waals surface area contributed by atoms with Gasteiger partial charge in [-0.15, -0.1) is 0 Å². The first-order chi connectivity index (χ1) is 16.7. The Labute approximate surface area is 198 Å². The summed E-state index contributed by atoms with van der Waals surface area (Å²) in [6.45, 7) is 3.04. The van der Waals surface area contributed by atoms with E-state index in [-0.39, 0.29) is 23.5 Å². The molecule has 0 aliphatic heterocycles. The van der Waals surface area contributed by atoms with Crippen LogP contribution in [0.15, 0.2) is 65.2 Å². The highest BCUT2D eigenvalue weighted by Gasteiger charge is 2.34. The third kappa shape index (κ3) is 5.01. The maximum Gasteiger partial charge on any atom is 0.418 e. The van der Waals surface area contributed by atoms with Crippen molar-refractivity contribution in [1.29, 1.82) is 0 Å². The second kappa shape index (κ2) is 9.57. The Bertz CT molecular complexity index is 1380. The number of anilines is 1. The Kier molecular flexibility index (Phi) is 6.54. The Balaban J connectivity index is 1.64. The van der Waals surface area contributed by atoms with Crippen LogP contribution in [0.2, 0.25) is 0 Å². The van der Waals surface area contributed by atoms with E-state index in [4.69, 9.17) is 4.52 Å². The molecule has 0 atom stereocenters. The average Bonchev–Trinajstić information content (AvgIpc) is 3.22. The molecule has 0 spiro atoms. The molecule has 180 valence electrons. The molecular formula is C25H21F3N4O3. The van der Waals surface area contributed by atoms with Gasteiger partial charge in [-0.05, 0) is 32.0 Å². The Morgan fingerprint density at radius 2 is 1.74 bits per heavy atom. The van der Waals surface area contributed by atoms with Crippen molar-refractivity contribution in [1.82, 2.24) is 15.0 Å². The summed E-state index contributed by atoms with van der Waals surface area (Å²) in [5.74, 6) is -1.25. The number of rotatable bonds is 6. The SMILES string of the molecule is CCN(CC(=O)Nc1ccccc1C(F)(F)F)C(=O)c1cc(-c2ccccc2)nc2onc(C)c12. The second-order valence-electron chi connectivity index (χ2n) is 7.78. The highest BCUT2D eigenvalue weighted by atomic mass is 19.4. The number of likely N-dealkylation sites (N-methyl/N-ethyl adjacent to an activating group) is 1. The standard InChI is InChI=1S/C25H21F3N4O3/c1-3-32(14-21(33)29-19-12-8-7-11-18(19)25(26,27)28)24(34)17-13-20(16-9-5-4-6-10-16)30-23-22(17)15(2)31-35-23/h4-13H,3,14H2,1-2H3,(H,29,33). The maximum absolute atomic E-state index is 13.5. The lowest BCUT2D eigenvalue weighted by Gasteiger charge is -2.22. The van der Waals surface area contributed by atoms with Crippen LogP contribution in [0.1, 0.15) is 28.5 Å². The first-order valence-corrected chi connectivity index (χ1v) is 10.8. The van der Waals surface area contributed by atoms with E-state index in [1.165, 1.54) is 17.0 Å². The highest BCUT2D eigenvalue weighted by molar-refractivity contribution is 6.08. The van der Waals surface area contributed by atoms with Gasteiger partial charge >= 0.3 is 6.18 Å². The summed E-state index contributed by atoms with van der Waals surface area (Å²) in [6.07, 6.45) is -4.63. The number of hydrogen-bond donors (Lipinski definition) is 1. The summed E-state index contributed by atoms with van der Waals surface area (Å²) in [7, 11) is 0. The zero-order valence-electron chi connectivity index (χ0n) is 18.9. The fourth-order valence-corrected chi connectivity index (χ4v) is 3.72. The number of benzene rings is 2. The number of halogens is 3. The number of hydrogen-bond acceptors (Lipinski definition) is 5. The van der Waals surface area contributed by atoms with Crippen molar-refractivity contribution in [3.8, 4) is 11.3 Å². The minimum atomic E-state index is -4.63. The lowest BCUT2D eigenvalue weighted by atomic mass is 10.0. The number of carbonyl (C=O) groups excluding carboxylic acids is 2. The molecule has 0 fully saturated rings. The van der Waals surface area contributed by atoms with Gasteiger partial charge in [0.15, 0.2) is 0 Å². The van der Waals surface area contributed by atoms with Crippen LogP contribution in [-0.4, -0.2) is 39.9 Å². The van der Waals surface area contributed by atoms with Crippen LogP contribution in [0.3, 0.4) is 0 Å². The van der Waals surface area contributed by atoms with Gasteiger partial charge in [-0.2, -0.15) is 13.2 Å². The molecule has 0 saturated carbocycles. The van der Waals surface area contributed by atoms with Gasteiger partial charge in [0.1, 0.15) is 6.54 Å². The quantitative estimate of drug-likeness (QED) is 0.402. The minimum absolute atomic E-state index is 0.141. The molecule has 4 rings (SSSR count). The van der Waals surface area contributed by atoms with Gasteiger partial charge in [0, 0.05) is 12.1 Å². The van der Waals surface area contributed by atoms with E-state index in [9.17, 15) is 22.8 Å². The lowest BCUT2D eigenvalue weighted by molar-refractivity contribution is -0.137. The zero-order valence-corrected chi connectivity index (χ0v) is 18.9. The zero-order chi connectivity index (χ0) is 25.2. The molecule has 0 aliphatic carbocycles. The molecule has 2 aromatic heterocycles. The van der Waals surface area contributed by atoms with Crippen molar-refractivity contribution < 1.29 is 27.3 Å². The van der Waals surface area contributed by atoms with Gasteiger partial charge in [0.25, 0.3) is 11.6 Å².